The van der Waals surface area contributed by atoms with Gasteiger partial charge in [0.05, 0.1) is 16.5 Å². The van der Waals surface area contributed by atoms with Crippen LogP contribution in [0.1, 0.15) is 24.3 Å². The number of benzene rings is 2. The van der Waals surface area contributed by atoms with Gasteiger partial charge in [-0.1, -0.05) is 0 Å². The van der Waals surface area contributed by atoms with Crippen molar-refractivity contribution in [2.75, 3.05) is 6.26 Å². The second-order valence-corrected chi connectivity index (χ2v) is 8.46. The first kappa shape index (κ1) is 18.8. The normalized spacial score (nSPS) is 11.7. The van der Waals surface area contributed by atoms with Crippen LogP contribution >= 0.6 is 0 Å². The third-order valence-corrected chi connectivity index (χ3v) is 4.91. The number of nitrogens with one attached hydrogen (secondary N) is 1. The fourth-order valence-electron chi connectivity index (χ4n) is 2.61. The first-order valence-corrected chi connectivity index (χ1v) is 10.1. The SMILES string of the molecule is CC(C)Oc1cc(Oc2ccc(S(C)(=O)=O)cc2)cc2cc(C(N)=O)[nH]c12. The molecule has 2 aromatic carbocycles. The van der Waals surface area contributed by atoms with Gasteiger partial charge in [0.15, 0.2) is 9.84 Å². The van der Waals surface area contributed by atoms with Gasteiger partial charge in [-0.2, -0.15) is 0 Å². The Bertz CT molecular complexity index is 1100. The molecule has 1 amide bonds. The van der Waals surface area contributed by atoms with Crippen LogP contribution in [0.5, 0.6) is 17.2 Å². The Balaban J connectivity index is 1.99. The van der Waals surface area contributed by atoms with Crippen LogP contribution in [0.4, 0.5) is 0 Å². The summed E-state index contributed by atoms with van der Waals surface area (Å²) in [4.78, 5) is 14.6. The van der Waals surface area contributed by atoms with Gasteiger partial charge in [0.2, 0.25) is 0 Å². The minimum atomic E-state index is -3.27. The van der Waals surface area contributed by atoms with Crippen LogP contribution in [0.3, 0.4) is 0 Å². The monoisotopic (exact) mass is 388 g/mol. The second kappa shape index (κ2) is 6.96. The Labute approximate surface area is 157 Å². The number of hydrogen-bond donors (Lipinski definition) is 2. The van der Waals surface area contributed by atoms with Gasteiger partial charge in [-0.15, -0.1) is 0 Å². The molecule has 0 unspecified atom stereocenters. The van der Waals surface area contributed by atoms with Crippen molar-refractivity contribution in [2.45, 2.75) is 24.8 Å². The minimum Gasteiger partial charge on any atom is -0.489 e. The molecule has 1 heterocycles. The third kappa shape index (κ3) is 4.22. The molecular formula is C19H20N2O5S. The van der Waals surface area contributed by atoms with Gasteiger partial charge >= 0.3 is 0 Å². The number of carbonyl (C=O) groups excluding carboxylic acids is 1. The van der Waals surface area contributed by atoms with E-state index in [-0.39, 0.29) is 16.7 Å². The van der Waals surface area contributed by atoms with Gasteiger partial charge in [-0.25, -0.2) is 8.42 Å². The fraction of sp³-hybridized carbons (Fsp3) is 0.211. The van der Waals surface area contributed by atoms with E-state index in [1.165, 1.54) is 12.1 Å². The molecule has 3 N–H and O–H groups in total. The number of aromatic nitrogens is 1. The molecule has 27 heavy (non-hydrogen) atoms. The molecule has 3 aromatic rings. The lowest BCUT2D eigenvalue weighted by Gasteiger charge is -2.13. The van der Waals surface area contributed by atoms with Crippen molar-refractivity contribution in [3.63, 3.8) is 0 Å². The Morgan fingerprint density at radius 2 is 1.74 bits per heavy atom. The predicted molar refractivity (Wildman–Crippen MR) is 102 cm³/mol. The quantitative estimate of drug-likeness (QED) is 0.673. The zero-order valence-electron chi connectivity index (χ0n) is 15.1. The number of sulfone groups is 1. The first-order chi connectivity index (χ1) is 12.6. The highest BCUT2D eigenvalue weighted by Gasteiger charge is 2.14. The molecule has 0 fully saturated rings. The van der Waals surface area contributed by atoms with Gasteiger partial charge in [0.1, 0.15) is 22.9 Å². The van der Waals surface area contributed by atoms with Crippen LogP contribution in [-0.4, -0.2) is 31.7 Å². The predicted octanol–water partition coefficient (Wildman–Crippen LogP) is 3.25. The molecule has 0 atom stereocenters. The van der Waals surface area contributed by atoms with Gasteiger partial charge in [-0.05, 0) is 50.2 Å². The van der Waals surface area contributed by atoms with Crippen LogP contribution in [0, 0.1) is 0 Å². The highest BCUT2D eigenvalue weighted by molar-refractivity contribution is 7.90. The molecular weight excluding hydrogens is 368 g/mol. The Morgan fingerprint density at radius 1 is 1.07 bits per heavy atom. The maximum absolute atomic E-state index is 11.6. The number of aromatic amines is 1. The smallest absolute Gasteiger partial charge is 0.265 e. The molecule has 1 aromatic heterocycles. The van der Waals surface area contributed by atoms with E-state index >= 15 is 0 Å². The van der Waals surface area contributed by atoms with E-state index < -0.39 is 15.7 Å². The third-order valence-electron chi connectivity index (χ3n) is 3.78. The summed E-state index contributed by atoms with van der Waals surface area (Å²) in [7, 11) is -3.27. The molecule has 0 saturated carbocycles. The summed E-state index contributed by atoms with van der Waals surface area (Å²) in [6, 6.07) is 11.2. The summed E-state index contributed by atoms with van der Waals surface area (Å²) in [6.45, 7) is 3.78. The number of nitrogens with two attached hydrogens (primary N) is 1. The van der Waals surface area contributed by atoms with Crippen LogP contribution in [-0.2, 0) is 9.84 Å². The number of fused-ring (bicyclic) bond motifs is 1. The number of amides is 1. The summed E-state index contributed by atoms with van der Waals surface area (Å²) < 4.78 is 34.8. The average Bonchev–Trinajstić information content (AvgIpc) is 2.99. The number of H-pyrrole nitrogens is 1. The summed E-state index contributed by atoms with van der Waals surface area (Å²) in [5.74, 6) is 0.918. The molecule has 0 aliphatic rings. The summed E-state index contributed by atoms with van der Waals surface area (Å²) in [5, 5.41) is 0.713. The zero-order chi connectivity index (χ0) is 19.8. The first-order valence-electron chi connectivity index (χ1n) is 8.24. The van der Waals surface area contributed by atoms with E-state index in [4.69, 9.17) is 15.2 Å². The topological polar surface area (TPSA) is 111 Å². The van der Waals surface area contributed by atoms with Gasteiger partial charge in [-0.3, -0.25) is 4.79 Å². The molecule has 3 rings (SSSR count). The maximum Gasteiger partial charge on any atom is 0.265 e. The molecule has 0 aliphatic heterocycles. The fourth-order valence-corrected chi connectivity index (χ4v) is 3.24. The summed E-state index contributed by atoms with van der Waals surface area (Å²) in [6.07, 6.45) is 1.06. The molecule has 0 radical (unpaired) electrons. The van der Waals surface area contributed by atoms with E-state index in [0.29, 0.717) is 28.2 Å². The Kier molecular flexibility index (Phi) is 4.84. The highest BCUT2D eigenvalue weighted by atomic mass is 32.2. The molecule has 0 aliphatic carbocycles. The van der Waals surface area contributed by atoms with E-state index in [0.717, 1.165) is 6.26 Å². The Morgan fingerprint density at radius 3 is 2.30 bits per heavy atom. The zero-order valence-corrected chi connectivity index (χ0v) is 16.0. The van der Waals surface area contributed by atoms with Crippen LogP contribution in [0.15, 0.2) is 47.4 Å². The number of carbonyl (C=O) groups is 1. The van der Waals surface area contributed by atoms with Gasteiger partial charge < -0.3 is 20.2 Å². The van der Waals surface area contributed by atoms with E-state index in [1.54, 1.807) is 30.3 Å². The average molecular weight is 388 g/mol. The summed E-state index contributed by atoms with van der Waals surface area (Å²) in [5.41, 5.74) is 6.27. The molecule has 8 heteroatoms. The lowest BCUT2D eigenvalue weighted by molar-refractivity contribution is 0.0996. The van der Waals surface area contributed by atoms with Crippen LogP contribution in [0.25, 0.3) is 10.9 Å². The van der Waals surface area contributed by atoms with E-state index in [2.05, 4.69) is 4.98 Å². The van der Waals surface area contributed by atoms with E-state index in [9.17, 15) is 13.2 Å². The van der Waals surface area contributed by atoms with Crippen LogP contribution in [0.2, 0.25) is 0 Å². The maximum atomic E-state index is 11.6. The molecule has 0 spiro atoms. The number of primary amides is 1. The van der Waals surface area contributed by atoms with Crippen molar-refractivity contribution in [3.8, 4) is 17.2 Å². The number of hydrogen-bond acceptors (Lipinski definition) is 5. The molecule has 142 valence electrons. The minimum absolute atomic E-state index is 0.0853. The van der Waals surface area contributed by atoms with Crippen molar-refractivity contribution in [1.82, 2.24) is 4.98 Å². The van der Waals surface area contributed by atoms with Gasteiger partial charge in [0.25, 0.3) is 5.91 Å². The lowest BCUT2D eigenvalue weighted by Crippen LogP contribution is -2.11. The van der Waals surface area contributed by atoms with Crippen molar-refractivity contribution < 1.29 is 22.7 Å². The van der Waals surface area contributed by atoms with Crippen molar-refractivity contribution in [2.24, 2.45) is 5.73 Å². The molecule has 0 bridgehead atoms. The van der Waals surface area contributed by atoms with Crippen molar-refractivity contribution in [1.29, 1.82) is 0 Å². The number of ether oxygens (including phenoxy) is 2. The molecule has 7 nitrogen and oxygen atoms in total. The van der Waals surface area contributed by atoms with Crippen molar-refractivity contribution >= 4 is 26.6 Å². The highest BCUT2D eigenvalue weighted by Crippen LogP contribution is 2.34. The van der Waals surface area contributed by atoms with Gasteiger partial charge in [0, 0.05) is 17.7 Å². The largest absolute Gasteiger partial charge is 0.489 e. The van der Waals surface area contributed by atoms with Crippen LogP contribution < -0.4 is 15.2 Å². The Hall–Kier alpha value is -3.00. The molecule has 0 saturated heterocycles. The number of rotatable bonds is 6. The second-order valence-electron chi connectivity index (χ2n) is 6.45. The standard InChI is InChI=1S/C19H20N2O5S/c1-11(2)25-17-10-14(8-12-9-16(19(20)22)21-18(12)17)26-13-4-6-15(7-5-13)27(3,23)24/h4-11,21H,1-3H3,(H2,20,22). The summed E-state index contributed by atoms with van der Waals surface area (Å²) >= 11 is 0. The van der Waals surface area contributed by atoms with E-state index in [1.807, 2.05) is 13.8 Å². The van der Waals surface area contributed by atoms with Crippen molar-refractivity contribution in [3.05, 3.63) is 48.2 Å². The lowest BCUT2D eigenvalue weighted by atomic mass is 10.2.